The standard InChI is InChI=1S/C47H67N3O9/c1-12-29(6)36(39(57-10)25-40(51)50-23-17-22-38(50)44(58-11)31(8)46(54)55)24-30(7)43(52)41(27(2)3)48-45(53)42(28(4)5)49(9)47(56)59-26-37-34-20-15-13-18-32(34)33-19-14-16-21-35(33)37/h13-16,18-21,24,27-29,31,36-39,41-42,44H,12,17,22-23,25-26H2,1-11H3,(H,48,53)(H,54,55)/b30-24+/t29-,31+,36-,38-,39+,41-,42-,44+/m0/s1. The molecule has 1 fully saturated rings. The van der Waals surface area contributed by atoms with Gasteiger partial charge in [-0.2, -0.15) is 0 Å². The number of likely N-dealkylation sites (tertiary alicyclic amines) is 1. The normalized spacial score (nSPS) is 19.0. The molecule has 2 aromatic rings. The van der Waals surface area contributed by atoms with Gasteiger partial charge in [-0.3, -0.25) is 24.1 Å². The van der Waals surface area contributed by atoms with Crippen LogP contribution in [0.3, 0.4) is 0 Å². The monoisotopic (exact) mass is 817 g/mol. The van der Waals surface area contributed by atoms with Gasteiger partial charge in [0, 0.05) is 39.6 Å². The Balaban J connectivity index is 1.48. The van der Waals surface area contributed by atoms with Crippen LogP contribution in [0.1, 0.15) is 98.1 Å². The predicted octanol–water partition coefficient (Wildman–Crippen LogP) is 7.34. The molecule has 1 saturated heterocycles. The Morgan fingerprint density at radius 1 is 0.915 bits per heavy atom. The van der Waals surface area contributed by atoms with E-state index in [0.717, 1.165) is 35.1 Å². The first kappa shape index (κ1) is 47.1. The van der Waals surface area contributed by atoms with Crippen molar-refractivity contribution in [2.45, 2.75) is 117 Å². The summed E-state index contributed by atoms with van der Waals surface area (Å²) in [6, 6.07) is 14.0. The minimum atomic E-state index is -0.980. The van der Waals surface area contributed by atoms with Gasteiger partial charge in [0.2, 0.25) is 11.8 Å². The summed E-state index contributed by atoms with van der Waals surface area (Å²) in [7, 11) is 4.58. The van der Waals surface area contributed by atoms with Crippen molar-refractivity contribution in [2.24, 2.45) is 29.6 Å². The maximum absolute atomic E-state index is 14.3. The van der Waals surface area contributed by atoms with E-state index in [9.17, 15) is 29.1 Å². The Morgan fingerprint density at radius 3 is 2.02 bits per heavy atom. The number of carbonyl (C=O) groups excluding carboxylic acids is 4. The average Bonchev–Trinajstić information content (AvgIpc) is 3.82. The van der Waals surface area contributed by atoms with Crippen molar-refractivity contribution in [3.05, 3.63) is 71.3 Å². The van der Waals surface area contributed by atoms with Crippen LogP contribution < -0.4 is 5.32 Å². The second kappa shape index (κ2) is 21.1. The number of carboxylic acid groups (broad SMARTS) is 1. The van der Waals surface area contributed by atoms with Crippen LogP contribution in [0.15, 0.2) is 60.2 Å². The quantitative estimate of drug-likeness (QED) is 0.131. The minimum absolute atomic E-state index is 0.0342. The van der Waals surface area contributed by atoms with E-state index < -0.39 is 48.2 Å². The Morgan fingerprint density at radius 2 is 1.51 bits per heavy atom. The third-order valence-corrected chi connectivity index (χ3v) is 12.6. The van der Waals surface area contributed by atoms with Gasteiger partial charge >= 0.3 is 12.1 Å². The number of hydrogen-bond acceptors (Lipinski definition) is 8. The molecule has 0 unspecified atom stereocenters. The predicted molar refractivity (Wildman–Crippen MR) is 228 cm³/mol. The molecule has 59 heavy (non-hydrogen) atoms. The molecule has 0 bridgehead atoms. The third-order valence-electron chi connectivity index (χ3n) is 12.6. The summed E-state index contributed by atoms with van der Waals surface area (Å²) in [6.07, 6.45) is 2.20. The first-order valence-corrected chi connectivity index (χ1v) is 21.2. The van der Waals surface area contributed by atoms with Crippen molar-refractivity contribution < 1.29 is 43.3 Å². The van der Waals surface area contributed by atoms with Crippen LogP contribution in [0.5, 0.6) is 0 Å². The summed E-state index contributed by atoms with van der Waals surface area (Å²) in [6.45, 7) is 15.5. The zero-order valence-electron chi connectivity index (χ0n) is 36.9. The van der Waals surface area contributed by atoms with Gasteiger partial charge in [0.15, 0.2) is 5.78 Å². The molecule has 2 N–H and O–H groups in total. The van der Waals surface area contributed by atoms with Gasteiger partial charge in [0.25, 0.3) is 0 Å². The molecule has 3 amide bonds. The van der Waals surface area contributed by atoms with Gasteiger partial charge in [0.05, 0.1) is 36.6 Å². The number of hydrogen-bond donors (Lipinski definition) is 2. The van der Waals surface area contributed by atoms with Crippen LogP contribution in [0, 0.1) is 29.6 Å². The van der Waals surface area contributed by atoms with Crippen LogP contribution >= 0.6 is 0 Å². The zero-order chi connectivity index (χ0) is 43.7. The number of methoxy groups -OCH3 is 2. The van der Waals surface area contributed by atoms with Crippen LogP contribution in [0.25, 0.3) is 11.1 Å². The fraction of sp³-hybridized carbons (Fsp3) is 0.596. The van der Waals surface area contributed by atoms with Gasteiger partial charge in [-0.1, -0.05) is 103 Å². The highest BCUT2D eigenvalue weighted by Crippen LogP contribution is 2.44. The van der Waals surface area contributed by atoms with E-state index in [2.05, 4.69) is 36.5 Å². The summed E-state index contributed by atoms with van der Waals surface area (Å²) in [4.78, 5) is 70.7. The molecular weight excluding hydrogens is 751 g/mol. The van der Waals surface area contributed by atoms with Crippen LogP contribution in [0.4, 0.5) is 4.79 Å². The molecule has 1 aliphatic carbocycles. The molecule has 0 saturated carbocycles. The molecule has 2 aliphatic rings. The van der Waals surface area contributed by atoms with E-state index in [4.69, 9.17) is 14.2 Å². The fourth-order valence-electron chi connectivity index (χ4n) is 8.98. The highest BCUT2D eigenvalue weighted by molar-refractivity contribution is 6.02. The molecule has 0 spiro atoms. The number of fused-ring (bicyclic) bond motifs is 3. The first-order chi connectivity index (χ1) is 28.0. The number of nitrogens with one attached hydrogen (secondary N) is 1. The van der Waals surface area contributed by atoms with Crippen LogP contribution in [-0.2, 0) is 33.4 Å². The van der Waals surface area contributed by atoms with Crippen LogP contribution in [0.2, 0.25) is 0 Å². The number of Topliss-reactive ketones (excluding diaryl/α,β-unsaturated/α-hetero) is 1. The summed E-state index contributed by atoms with van der Waals surface area (Å²) in [5, 5.41) is 12.7. The average molecular weight is 818 g/mol. The smallest absolute Gasteiger partial charge is 0.410 e. The minimum Gasteiger partial charge on any atom is -0.481 e. The van der Waals surface area contributed by atoms with E-state index in [1.807, 2.05) is 65.0 Å². The summed E-state index contributed by atoms with van der Waals surface area (Å²) >= 11 is 0. The molecule has 4 rings (SSSR count). The molecule has 1 heterocycles. The highest BCUT2D eigenvalue weighted by Gasteiger charge is 2.41. The van der Waals surface area contributed by atoms with E-state index in [0.29, 0.717) is 18.5 Å². The molecule has 1 aliphatic heterocycles. The van der Waals surface area contributed by atoms with Gasteiger partial charge in [-0.15, -0.1) is 0 Å². The first-order valence-electron chi connectivity index (χ1n) is 21.2. The number of benzene rings is 2. The second-order valence-corrected chi connectivity index (χ2v) is 17.1. The number of likely N-dealkylation sites (N-methyl/N-ethyl adjacent to an activating group) is 1. The van der Waals surface area contributed by atoms with E-state index in [1.54, 1.807) is 32.9 Å². The lowest BCUT2D eigenvalue weighted by atomic mass is 9.82. The Hall–Kier alpha value is -4.55. The molecule has 0 radical (unpaired) electrons. The largest absolute Gasteiger partial charge is 0.481 e. The highest BCUT2D eigenvalue weighted by atomic mass is 16.6. The van der Waals surface area contributed by atoms with Gasteiger partial charge in [0.1, 0.15) is 12.6 Å². The number of amides is 3. The summed E-state index contributed by atoms with van der Waals surface area (Å²) in [5.41, 5.74) is 4.85. The SMILES string of the molecule is CC[C@H](C)[C@H](/C=C(\C)C(=O)[C@@H](NC(=O)[C@H](C(C)C)N(C)C(=O)OCC1c2ccccc2-c2ccccc21)C(C)C)[C@@H](CC(=O)N1CCC[C@H]1[C@H](OC)[C@@H](C)C(=O)O)OC. The van der Waals surface area contributed by atoms with E-state index in [-0.39, 0.29) is 60.3 Å². The van der Waals surface area contributed by atoms with Gasteiger partial charge in [-0.25, -0.2) is 4.79 Å². The molecule has 324 valence electrons. The lowest BCUT2D eigenvalue weighted by molar-refractivity contribution is -0.151. The van der Waals surface area contributed by atoms with Gasteiger partial charge in [-0.05, 0) is 72.3 Å². The fourth-order valence-corrected chi connectivity index (χ4v) is 8.98. The van der Waals surface area contributed by atoms with Crippen molar-refractivity contribution in [3.63, 3.8) is 0 Å². The number of ketones is 1. The number of nitrogens with zero attached hydrogens (tertiary/aromatic N) is 2. The lowest BCUT2D eigenvalue weighted by Gasteiger charge is -2.35. The molecular formula is C47H67N3O9. The van der Waals surface area contributed by atoms with Gasteiger partial charge < -0.3 is 29.5 Å². The number of rotatable bonds is 20. The van der Waals surface area contributed by atoms with E-state index in [1.165, 1.54) is 12.0 Å². The molecule has 2 aromatic carbocycles. The van der Waals surface area contributed by atoms with Crippen molar-refractivity contribution in [2.75, 3.05) is 34.4 Å². The van der Waals surface area contributed by atoms with Crippen molar-refractivity contribution in [3.8, 4) is 11.1 Å². The zero-order valence-corrected chi connectivity index (χ0v) is 36.9. The lowest BCUT2D eigenvalue weighted by Crippen LogP contribution is -2.55. The van der Waals surface area contributed by atoms with Crippen molar-refractivity contribution in [1.82, 2.24) is 15.1 Å². The van der Waals surface area contributed by atoms with Crippen molar-refractivity contribution >= 4 is 29.7 Å². The number of ether oxygens (including phenoxy) is 3. The second-order valence-electron chi connectivity index (χ2n) is 17.1. The topological polar surface area (TPSA) is 152 Å². The number of aliphatic carboxylic acids is 1. The Kier molecular flexibility index (Phi) is 16.9. The molecule has 12 heteroatoms. The van der Waals surface area contributed by atoms with Crippen LogP contribution in [-0.4, -0.2) is 109 Å². The summed E-state index contributed by atoms with van der Waals surface area (Å²) < 4.78 is 17.5. The number of carbonyl (C=O) groups is 5. The summed E-state index contributed by atoms with van der Waals surface area (Å²) in [5.74, 6) is -3.64. The maximum atomic E-state index is 14.3. The number of carboxylic acids is 1. The van der Waals surface area contributed by atoms with Crippen molar-refractivity contribution in [1.29, 1.82) is 0 Å². The maximum Gasteiger partial charge on any atom is 0.410 e. The Labute approximate surface area is 351 Å². The van der Waals surface area contributed by atoms with E-state index >= 15 is 0 Å². The Bertz CT molecular complexity index is 1780. The molecule has 8 atom stereocenters. The molecule has 12 nitrogen and oxygen atoms in total. The third kappa shape index (κ3) is 10.8. The molecule has 0 aromatic heterocycles.